The summed E-state index contributed by atoms with van der Waals surface area (Å²) in [5.41, 5.74) is 5.73. The molecule has 1 saturated heterocycles. The highest BCUT2D eigenvalue weighted by atomic mass is 16.2. The quantitative estimate of drug-likeness (QED) is 0.770. The van der Waals surface area contributed by atoms with Gasteiger partial charge in [-0.05, 0) is 31.6 Å². The number of rotatable bonds is 2. The molecular formula is C13H25N3O. The molecule has 1 atom stereocenters. The molecule has 2 amide bonds. The van der Waals surface area contributed by atoms with Gasteiger partial charge in [-0.25, -0.2) is 4.79 Å². The fourth-order valence-corrected chi connectivity index (χ4v) is 3.11. The molecule has 4 nitrogen and oxygen atoms in total. The van der Waals surface area contributed by atoms with Gasteiger partial charge in [0, 0.05) is 19.6 Å². The molecule has 1 aliphatic carbocycles. The fourth-order valence-electron chi connectivity index (χ4n) is 3.11. The van der Waals surface area contributed by atoms with Crippen molar-refractivity contribution in [3.8, 4) is 0 Å². The molecular weight excluding hydrogens is 214 g/mol. The number of urea groups is 1. The molecule has 2 aliphatic rings. The average Bonchev–Trinajstić information content (AvgIpc) is 2.78. The summed E-state index contributed by atoms with van der Waals surface area (Å²) >= 11 is 0. The first kappa shape index (κ1) is 12.7. The van der Waals surface area contributed by atoms with Crippen molar-refractivity contribution in [1.82, 2.24) is 10.2 Å². The van der Waals surface area contributed by atoms with Crippen LogP contribution in [0, 0.1) is 5.92 Å². The molecule has 1 aliphatic heterocycles. The predicted molar refractivity (Wildman–Crippen MR) is 68.8 cm³/mol. The SMILES string of the molecule is CC1CCCN(C(=O)NC2(CN)CCCC2)C1. The minimum Gasteiger partial charge on any atom is -0.331 e. The summed E-state index contributed by atoms with van der Waals surface area (Å²) in [4.78, 5) is 14.2. The number of hydrogen-bond acceptors (Lipinski definition) is 2. The minimum atomic E-state index is -0.113. The lowest BCUT2D eigenvalue weighted by atomic mass is 9.97. The van der Waals surface area contributed by atoms with Crippen LogP contribution < -0.4 is 11.1 Å². The Morgan fingerprint density at radius 1 is 1.41 bits per heavy atom. The number of likely N-dealkylation sites (tertiary alicyclic amines) is 1. The van der Waals surface area contributed by atoms with E-state index in [9.17, 15) is 4.79 Å². The normalized spacial score (nSPS) is 28.1. The van der Waals surface area contributed by atoms with Crippen LogP contribution in [-0.2, 0) is 0 Å². The lowest BCUT2D eigenvalue weighted by Crippen LogP contribution is -2.56. The molecule has 1 unspecified atom stereocenters. The lowest BCUT2D eigenvalue weighted by molar-refractivity contribution is 0.158. The molecule has 1 saturated carbocycles. The zero-order valence-electron chi connectivity index (χ0n) is 10.9. The molecule has 0 aromatic heterocycles. The average molecular weight is 239 g/mol. The highest BCUT2D eigenvalue weighted by Crippen LogP contribution is 2.29. The van der Waals surface area contributed by atoms with Crippen molar-refractivity contribution in [2.45, 2.75) is 51.0 Å². The molecule has 0 bridgehead atoms. The number of nitrogens with two attached hydrogens (primary N) is 1. The van der Waals surface area contributed by atoms with Gasteiger partial charge in [-0.2, -0.15) is 0 Å². The van der Waals surface area contributed by atoms with Gasteiger partial charge in [0.2, 0.25) is 0 Å². The van der Waals surface area contributed by atoms with Gasteiger partial charge < -0.3 is 16.0 Å². The number of nitrogens with zero attached hydrogens (tertiary/aromatic N) is 1. The van der Waals surface area contributed by atoms with Crippen molar-refractivity contribution in [2.24, 2.45) is 11.7 Å². The van der Waals surface area contributed by atoms with Gasteiger partial charge in [-0.15, -0.1) is 0 Å². The van der Waals surface area contributed by atoms with Gasteiger partial charge in [-0.3, -0.25) is 0 Å². The van der Waals surface area contributed by atoms with Gasteiger partial charge in [-0.1, -0.05) is 19.8 Å². The van der Waals surface area contributed by atoms with Gasteiger partial charge >= 0.3 is 6.03 Å². The summed E-state index contributed by atoms with van der Waals surface area (Å²) in [6.45, 7) is 4.58. The second-order valence-corrected chi connectivity index (χ2v) is 5.82. The molecule has 0 radical (unpaired) electrons. The van der Waals surface area contributed by atoms with E-state index >= 15 is 0 Å². The van der Waals surface area contributed by atoms with Crippen molar-refractivity contribution < 1.29 is 4.79 Å². The number of hydrogen-bond donors (Lipinski definition) is 2. The Kier molecular flexibility index (Phi) is 3.92. The summed E-state index contributed by atoms with van der Waals surface area (Å²) in [5, 5.41) is 3.19. The zero-order chi connectivity index (χ0) is 12.3. The van der Waals surface area contributed by atoms with E-state index in [0.29, 0.717) is 12.5 Å². The van der Waals surface area contributed by atoms with E-state index in [1.807, 2.05) is 4.90 Å². The summed E-state index contributed by atoms with van der Waals surface area (Å²) < 4.78 is 0. The smallest absolute Gasteiger partial charge is 0.317 e. The summed E-state index contributed by atoms with van der Waals surface area (Å²) in [5.74, 6) is 0.631. The van der Waals surface area contributed by atoms with E-state index in [2.05, 4.69) is 12.2 Å². The Labute approximate surface area is 104 Å². The number of carbonyl (C=O) groups is 1. The highest BCUT2D eigenvalue weighted by molar-refractivity contribution is 5.75. The van der Waals surface area contributed by atoms with Gasteiger partial charge in [0.1, 0.15) is 0 Å². The van der Waals surface area contributed by atoms with Crippen LogP contribution >= 0.6 is 0 Å². The third-order valence-electron chi connectivity index (χ3n) is 4.27. The van der Waals surface area contributed by atoms with Crippen LogP contribution in [0.25, 0.3) is 0 Å². The Balaban J connectivity index is 1.91. The lowest BCUT2D eigenvalue weighted by Gasteiger charge is -2.36. The highest BCUT2D eigenvalue weighted by Gasteiger charge is 2.35. The minimum absolute atomic E-state index is 0.101. The maximum absolute atomic E-state index is 12.2. The molecule has 17 heavy (non-hydrogen) atoms. The molecule has 4 heteroatoms. The van der Waals surface area contributed by atoms with E-state index in [-0.39, 0.29) is 11.6 Å². The fraction of sp³-hybridized carbons (Fsp3) is 0.923. The molecule has 0 aromatic carbocycles. The standard InChI is InChI=1S/C13H25N3O/c1-11-5-4-8-16(9-11)12(17)15-13(10-14)6-2-3-7-13/h11H,2-10,14H2,1H3,(H,15,17). The second kappa shape index (κ2) is 5.25. The van der Waals surface area contributed by atoms with Gasteiger partial charge in [0.15, 0.2) is 0 Å². The third kappa shape index (κ3) is 2.92. The Bertz CT molecular complexity index is 274. The Morgan fingerprint density at radius 2 is 2.12 bits per heavy atom. The Hall–Kier alpha value is -0.770. The second-order valence-electron chi connectivity index (χ2n) is 5.82. The van der Waals surface area contributed by atoms with Crippen molar-refractivity contribution in [1.29, 1.82) is 0 Å². The first-order chi connectivity index (χ1) is 8.15. The number of amides is 2. The van der Waals surface area contributed by atoms with E-state index in [4.69, 9.17) is 5.73 Å². The molecule has 0 aromatic rings. The van der Waals surface area contributed by atoms with Crippen molar-refractivity contribution in [3.63, 3.8) is 0 Å². The van der Waals surface area contributed by atoms with Crippen LogP contribution in [0.2, 0.25) is 0 Å². The van der Waals surface area contributed by atoms with Crippen LogP contribution in [0.5, 0.6) is 0 Å². The summed E-state index contributed by atoms with van der Waals surface area (Å²) in [6, 6.07) is 0.101. The van der Waals surface area contributed by atoms with Crippen LogP contribution in [0.3, 0.4) is 0 Å². The topological polar surface area (TPSA) is 58.4 Å². The molecule has 3 N–H and O–H groups in total. The molecule has 2 rings (SSSR count). The molecule has 2 fully saturated rings. The molecule has 0 spiro atoms. The first-order valence-electron chi connectivity index (χ1n) is 6.92. The largest absolute Gasteiger partial charge is 0.331 e. The van der Waals surface area contributed by atoms with Crippen LogP contribution in [0.4, 0.5) is 4.79 Å². The third-order valence-corrected chi connectivity index (χ3v) is 4.27. The summed E-state index contributed by atoms with van der Waals surface area (Å²) in [6.07, 6.45) is 6.83. The predicted octanol–water partition coefficient (Wildman–Crippen LogP) is 1.70. The number of nitrogens with one attached hydrogen (secondary N) is 1. The van der Waals surface area contributed by atoms with Crippen molar-refractivity contribution >= 4 is 6.03 Å². The Morgan fingerprint density at radius 3 is 2.71 bits per heavy atom. The molecule has 1 heterocycles. The monoisotopic (exact) mass is 239 g/mol. The van der Waals surface area contributed by atoms with E-state index in [1.54, 1.807) is 0 Å². The molecule has 98 valence electrons. The first-order valence-corrected chi connectivity index (χ1v) is 6.92. The van der Waals surface area contributed by atoms with Crippen molar-refractivity contribution in [2.75, 3.05) is 19.6 Å². The van der Waals surface area contributed by atoms with Gasteiger partial charge in [0.05, 0.1) is 5.54 Å². The van der Waals surface area contributed by atoms with Crippen LogP contribution in [-0.4, -0.2) is 36.1 Å². The van der Waals surface area contributed by atoms with E-state index in [1.165, 1.54) is 19.3 Å². The van der Waals surface area contributed by atoms with Crippen molar-refractivity contribution in [3.05, 3.63) is 0 Å². The zero-order valence-corrected chi connectivity index (χ0v) is 10.9. The summed E-state index contributed by atoms with van der Waals surface area (Å²) in [7, 11) is 0. The van der Waals surface area contributed by atoms with Crippen LogP contribution in [0.15, 0.2) is 0 Å². The maximum atomic E-state index is 12.2. The number of carbonyl (C=O) groups excluding carboxylic acids is 1. The van der Waals surface area contributed by atoms with E-state index < -0.39 is 0 Å². The maximum Gasteiger partial charge on any atom is 0.317 e. The van der Waals surface area contributed by atoms with Crippen LogP contribution in [0.1, 0.15) is 45.4 Å². The van der Waals surface area contributed by atoms with E-state index in [0.717, 1.165) is 32.4 Å². The number of piperidine rings is 1. The van der Waals surface area contributed by atoms with Gasteiger partial charge in [0.25, 0.3) is 0 Å².